The van der Waals surface area contributed by atoms with Gasteiger partial charge in [0.2, 0.25) is 5.95 Å². The van der Waals surface area contributed by atoms with E-state index in [9.17, 15) is 4.79 Å². The maximum atomic E-state index is 12.3. The first kappa shape index (κ1) is 22.3. The Morgan fingerprint density at radius 3 is 2.66 bits per heavy atom. The number of carbonyl (C=O) groups is 1. The van der Waals surface area contributed by atoms with Gasteiger partial charge in [-0.1, -0.05) is 6.07 Å². The highest BCUT2D eigenvalue weighted by Gasteiger charge is 2.19. The second kappa shape index (κ2) is 10.2. The largest absolute Gasteiger partial charge is 0.462 e. The standard InChI is InChI=1S/C24H23N9O2/c1-15-3-2-4-19(29-15)22-27-7-5-20(32-22)31-21-6-8-28-24(33-21)30-18-9-17(12-26-13-18)23(34)35-14-16-10-25-11-16/h2-9,12-13,16,25H,10-11,14H2,1H3,(H2,27,28,30,31,32,33). The van der Waals surface area contributed by atoms with Crippen molar-refractivity contribution in [1.29, 1.82) is 0 Å². The molecule has 5 heterocycles. The van der Waals surface area contributed by atoms with Crippen LogP contribution in [0.25, 0.3) is 11.5 Å². The van der Waals surface area contributed by atoms with Crippen molar-refractivity contribution in [2.24, 2.45) is 5.92 Å². The second-order valence-corrected chi connectivity index (χ2v) is 8.03. The van der Waals surface area contributed by atoms with E-state index in [1.807, 2.05) is 25.1 Å². The van der Waals surface area contributed by atoms with E-state index in [0.29, 0.717) is 52.9 Å². The predicted molar refractivity (Wildman–Crippen MR) is 129 cm³/mol. The molecular weight excluding hydrogens is 446 g/mol. The van der Waals surface area contributed by atoms with Crippen LogP contribution in [0.1, 0.15) is 16.1 Å². The van der Waals surface area contributed by atoms with Crippen molar-refractivity contribution in [2.75, 3.05) is 30.3 Å². The van der Waals surface area contributed by atoms with Crippen molar-refractivity contribution >= 4 is 29.2 Å². The third-order valence-electron chi connectivity index (χ3n) is 5.23. The first-order valence-electron chi connectivity index (χ1n) is 11.1. The Morgan fingerprint density at radius 1 is 1.03 bits per heavy atom. The third kappa shape index (κ3) is 5.71. The summed E-state index contributed by atoms with van der Waals surface area (Å²) < 4.78 is 5.37. The van der Waals surface area contributed by atoms with Crippen LogP contribution in [0.2, 0.25) is 0 Å². The Hall–Kier alpha value is -4.51. The predicted octanol–water partition coefficient (Wildman–Crippen LogP) is 2.90. The van der Waals surface area contributed by atoms with Crippen LogP contribution in [0.3, 0.4) is 0 Å². The number of nitrogens with one attached hydrogen (secondary N) is 3. The lowest BCUT2D eigenvalue weighted by atomic mass is 10.1. The summed E-state index contributed by atoms with van der Waals surface area (Å²) in [5.74, 6) is 1.90. The number of esters is 1. The summed E-state index contributed by atoms with van der Waals surface area (Å²) in [6.45, 7) is 4.05. The van der Waals surface area contributed by atoms with Crippen molar-refractivity contribution in [3.63, 3.8) is 0 Å². The molecule has 0 aromatic carbocycles. The molecule has 35 heavy (non-hydrogen) atoms. The average molecular weight is 470 g/mol. The minimum absolute atomic E-state index is 0.331. The van der Waals surface area contributed by atoms with Crippen molar-refractivity contribution in [3.05, 3.63) is 72.4 Å². The zero-order chi connectivity index (χ0) is 24.0. The lowest BCUT2D eigenvalue weighted by molar-refractivity contribution is 0.0397. The molecule has 4 aromatic heterocycles. The quantitative estimate of drug-likeness (QED) is 0.328. The first-order chi connectivity index (χ1) is 17.1. The molecule has 0 atom stereocenters. The molecule has 11 heteroatoms. The minimum atomic E-state index is -0.410. The number of ether oxygens (including phenoxy) is 1. The van der Waals surface area contributed by atoms with Gasteiger partial charge in [-0.3, -0.25) is 4.98 Å². The SMILES string of the molecule is Cc1cccc(-c2nccc(Nc3ccnc(Nc4cncc(C(=O)OCC5CNC5)c4)n3)n2)n1. The van der Waals surface area contributed by atoms with Gasteiger partial charge in [-0.15, -0.1) is 0 Å². The van der Waals surface area contributed by atoms with Crippen LogP contribution in [0.5, 0.6) is 0 Å². The maximum absolute atomic E-state index is 12.3. The molecule has 11 nitrogen and oxygen atoms in total. The van der Waals surface area contributed by atoms with E-state index in [1.165, 1.54) is 6.20 Å². The number of pyridine rings is 2. The van der Waals surface area contributed by atoms with Gasteiger partial charge in [0, 0.05) is 43.3 Å². The number of aromatic nitrogens is 6. The smallest absolute Gasteiger partial charge is 0.339 e. The average Bonchev–Trinajstić information content (AvgIpc) is 2.84. The molecule has 1 aliphatic heterocycles. The van der Waals surface area contributed by atoms with Crippen molar-refractivity contribution in [2.45, 2.75) is 6.92 Å². The summed E-state index contributed by atoms with van der Waals surface area (Å²) >= 11 is 0. The number of hydrogen-bond acceptors (Lipinski definition) is 11. The molecule has 4 aromatic rings. The molecule has 0 spiro atoms. The van der Waals surface area contributed by atoms with Gasteiger partial charge in [-0.2, -0.15) is 4.98 Å². The van der Waals surface area contributed by atoms with Gasteiger partial charge in [-0.05, 0) is 37.3 Å². The van der Waals surface area contributed by atoms with Gasteiger partial charge >= 0.3 is 5.97 Å². The lowest BCUT2D eigenvalue weighted by Crippen LogP contribution is -2.44. The van der Waals surface area contributed by atoms with Crippen LogP contribution in [0.15, 0.2) is 61.2 Å². The van der Waals surface area contributed by atoms with Crippen LogP contribution in [-0.2, 0) is 4.74 Å². The molecule has 0 saturated carbocycles. The van der Waals surface area contributed by atoms with E-state index in [0.717, 1.165) is 18.8 Å². The van der Waals surface area contributed by atoms with Gasteiger partial charge in [0.05, 0.1) is 24.1 Å². The molecule has 0 unspecified atom stereocenters. The molecule has 1 fully saturated rings. The maximum Gasteiger partial charge on any atom is 0.339 e. The van der Waals surface area contributed by atoms with E-state index in [1.54, 1.807) is 36.8 Å². The molecule has 176 valence electrons. The summed E-state index contributed by atoms with van der Waals surface area (Å²) in [7, 11) is 0. The minimum Gasteiger partial charge on any atom is -0.462 e. The summed E-state index contributed by atoms with van der Waals surface area (Å²) in [6, 6.07) is 10.8. The summed E-state index contributed by atoms with van der Waals surface area (Å²) in [5, 5.41) is 9.38. The molecule has 1 saturated heterocycles. The Kier molecular flexibility index (Phi) is 6.48. The van der Waals surface area contributed by atoms with Crippen LogP contribution in [-0.4, -0.2) is 55.6 Å². The Balaban J connectivity index is 1.26. The second-order valence-electron chi connectivity index (χ2n) is 8.03. The van der Waals surface area contributed by atoms with Crippen LogP contribution < -0.4 is 16.0 Å². The number of rotatable bonds is 8. The Morgan fingerprint density at radius 2 is 1.86 bits per heavy atom. The molecular formula is C24H23N9O2. The van der Waals surface area contributed by atoms with E-state index in [2.05, 4.69) is 45.9 Å². The Bertz CT molecular complexity index is 1340. The monoisotopic (exact) mass is 469 g/mol. The van der Waals surface area contributed by atoms with Gasteiger partial charge in [0.1, 0.15) is 17.3 Å². The molecule has 0 bridgehead atoms. The van der Waals surface area contributed by atoms with E-state index in [-0.39, 0.29) is 0 Å². The number of aryl methyl sites for hydroxylation is 1. The fraction of sp³-hybridized carbons (Fsp3) is 0.208. The molecule has 5 rings (SSSR count). The Labute approximate surface area is 201 Å². The molecule has 3 N–H and O–H groups in total. The van der Waals surface area contributed by atoms with E-state index < -0.39 is 5.97 Å². The zero-order valence-electron chi connectivity index (χ0n) is 19.0. The van der Waals surface area contributed by atoms with E-state index >= 15 is 0 Å². The van der Waals surface area contributed by atoms with Crippen LogP contribution in [0, 0.1) is 12.8 Å². The van der Waals surface area contributed by atoms with Crippen LogP contribution in [0.4, 0.5) is 23.3 Å². The van der Waals surface area contributed by atoms with Crippen molar-refractivity contribution < 1.29 is 9.53 Å². The molecule has 1 aliphatic rings. The highest BCUT2D eigenvalue weighted by molar-refractivity contribution is 5.90. The van der Waals surface area contributed by atoms with Gasteiger partial charge in [-0.25, -0.2) is 24.7 Å². The van der Waals surface area contributed by atoms with Crippen molar-refractivity contribution in [1.82, 2.24) is 35.2 Å². The summed E-state index contributed by atoms with van der Waals surface area (Å²) in [5.41, 5.74) is 2.50. The van der Waals surface area contributed by atoms with Gasteiger partial charge in [0.25, 0.3) is 0 Å². The normalized spacial score (nSPS) is 13.1. The highest BCUT2D eigenvalue weighted by Crippen LogP contribution is 2.19. The van der Waals surface area contributed by atoms with Crippen LogP contribution >= 0.6 is 0 Å². The summed E-state index contributed by atoms with van der Waals surface area (Å²) in [4.78, 5) is 38.5. The molecule has 0 radical (unpaired) electrons. The summed E-state index contributed by atoms with van der Waals surface area (Å²) in [6.07, 6.45) is 6.33. The fourth-order valence-electron chi connectivity index (χ4n) is 3.33. The first-order valence-corrected chi connectivity index (χ1v) is 11.1. The van der Waals surface area contributed by atoms with Gasteiger partial charge in [0.15, 0.2) is 5.82 Å². The zero-order valence-corrected chi connectivity index (χ0v) is 19.0. The van der Waals surface area contributed by atoms with Crippen molar-refractivity contribution in [3.8, 4) is 11.5 Å². The number of hydrogen-bond donors (Lipinski definition) is 3. The fourth-order valence-corrected chi connectivity index (χ4v) is 3.33. The lowest BCUT2D eigenvalue weighted by Gasteiger charge is -2.26. The molecule has 0 amide bonds. The number of carbonyl (C=O) groups excluding carboxylic acids is 1. The molecule has 0 aliphatic carbocycles. The third-order valence-corrected chi connectivity index (χ3v) is 5.23. The van der Waals surface area contributed by atoms with E-state index in [4.69, 9.17) is 4.74 Å². The van der Waals surface area contributed by atoms with Gasteiger partial charge < -0.3 is 20.7 Å². The highest BCUT2D eigenvalue weighted by atomic mass is 16.5. The number of anilines is 4. The number of nitrogens with zero attached hydrogens (tertiary/aromatic N) is 6. The topological polar surface area (TPSA) is 140 Å².